The summed E-state index contributed by atoms with van der Waals surface area (Å²) in [6.45, 7) is 0.210. The van der Waals surface area contributed by atoms with Crippen LogP contribution >= 0.6 is 0 Å². The molecular formula is C8H10N6O2. The first-order valence-electron chi connectivity index (χ1n) is 4.42. The first kappa shape index (κ1) is 10.3. The molecule has 0 spiro atoms. The normalized spacial score (nSPS) is 10.8. The van der Waals surface area contributed by atoms with Crippen LogP contribution in [0.25, 0.3) is 11.2 Å². The SMILES string of the molecule is COCc1c[n+]([O-])c2nc(N)nc(N)c2n1. The van der Waals surface area contributed by atoms with Crippen LogP contribution in [0.3, 0.4) is 0 Å². The molecule has 2 aromatic rings. The Hall–Kier alpha value is -2.22. The number of ether oxygens (including phenoxy) is 1. The summed E-state index contributed by atoms with van der Waals surface area (Å²) in [7, 11) is 1.50. The molecule has 0 bridgehead atoms. The number of aromatic nitrogens is 4. The number of nitrogens with two attached hydrogens (primary N) is 2. The maximum atomic E-state index is 11.6. The minimum absolute atomic E-state index is 0.0462. The number of rotatable bonds is 2. The quantitative estimate of drug-likeness (QED) is 0.491. The van der Waals surface area contributed by atoms with Crippen LogP contribution in [0.5, 0.6) is 0 Å². The van der Waals surface area contributed by atoms with Gasteiger partial charge in [-0.25, -0.2) is 9.71 Å². The molecular weight excluding hydrogens is 212 g/mol. The molecule has 8 heteroatoms. The van der Waals surface area contributed by atoms with Gasteiger partial charge in [-0.3, -0.25) is 0 Å². The molecule has 2 aromatic heterocycles. The van der Waals surface area contributed by atoms with Crippen molar-refractivity contribution in [2.24, 2.45) is 0 Å². The third-order valence-corrected chi connectivity index (χ3v) is 1.93. The molecule has 2 heterocycles. The van der Waals surface area contributed by atoms with Crippen LogP contribution in [0.1, 0.15) is 5.69 Å². The smallest absolute Gasteiger partial charge is 0.360 e. The molecule has 8 nitrogen and oxygen atoms in total. The number of anilines is 2. The van der Waals surface area contributed by atoms with E-state index in [-0.39, 0.29) is 29.5 Å². The predicted molar refractivity (Wildman–Crippen MR) is 55.8 cm³/mol. The summed E-state index contributed by atoms with van der Waals surface area (Å²) in [5.41, 5.74) is 11.7. The van der Waals surface area contributed by atoms with Crippen molar-refractivity contribution >= 4 is 22.9 Å². The molecule has 0 aliphatic carbocycles. The van der Waals surface area contributed by atoms with Gasteiger partial charge in [0.25, 0.3) is 0 Å². The topological polar surface area (TPSA) is 127 Å². The van der Waals surface area contributed by atoms with Crippen molar-refractivity contribution in [3.8, 4) is 0 Å². The Morgan fingerprint density at radius 3 is 2.81 bits per heavy atom. The zero-order chi connectivity index (χ0) is 11.7. The molecule has 0 aromatic carbocycles. The second-order valence-corrected chi connectivity index (χ2v) is 3.13. The molecule has 16 heavy (non-hydrogen) atoms. The van der Waals surface area contributed by atoms with Crippen LogP contribution < -0.4 is 16.2 Å². The van der Waals surface area contributed by atoms with Gasteiger partial charge in [-0.2, -0.15) is 4.98 Å². The highest BCUT2D eigenvalue weighted by atomic mass is 16.5. The molecule has 2 rings (SSSR count). The maximum absolute atomic E-state index is 11.6. The zero-order valence-electron chi connectivity index (χ0n) is 8.54. The highest BCUT2D eigenvalue weighted by Crippen LogP contribution is 2.13. The van der Waals surface area contributed by atoms with Crippen molar-refractivity contribution in [2.45, 2.75) is 6.61 Å². The van der Waals surface area contributed by atoms with E-state index >= 15 is 0 Å². The maximum Gasteiger partial charge on any atom is 0.360 e. The molecule has 0 fully saturated rings. The Morgan fingerprint density at radius 2 is 2.12 bits per heavy atom. The average Bonchev–Trinajstić information content (AvgIpc) is 2.20. The van der Waals surface area contributed by atoms with Gasteiger partial charge in [0.1, 0.15) is 11.9 Å². The van der Waals surface area contributed by atoms with Crippen molar-refractivity contribution in [1.29, 1.82) is 0 Å². The van der Waals surface area contributed by atoms with Crippen molar-refractivity contribution in [2.75, 3.05) is 18.6 Å². The lowest BCUT2D eigenvalue weighted by molar-refractivity contribution is -0.580. The van der Waals surface area contributed by atoms with Gasteiger partial charge in [-0.1, -0.05) is 0 Å². The highest BCUT2D eigenvalue weighted by Gasteiger charge is 2.15. The van der Waals surface area contributed by atoms with E-state index in [9.17, 15) is 5.21 Å². The second-order valence-electron chi connectivity index (χ2n) is 3.13. The fraction of sp³-hybridized carbons (Fsp3) is 0.250. The monoisotopic (exact) mass is 222 g/mol. The van der Waals surface area contributed by atoms with E-state index in [4.69, 9.17) is 16.2 Å². The summed E-state index contributed by atoms with van der Waals surface area (Å²) in [6.07, 6.45) is 1.26. The van der Waals surface area contributed by atoms with Gasteiger partial charge < -0.3 is 21.4 Å². The molecule has 0 aliphatic heterocycles. The number of fused-ring (bicyclic) bond motifs is 1. The summed E-state index contributed by atoms with van der Waals surface area (Å²) in [5, 5.41) is 11.6. The van der Waals surface area contributed by atoms with E-state index in [0.29, 0.717) is 10.4 Å². The van der Waals surface area contributed by atoms with Crippen molar-refractivity contribution in [3.63, 3.8) is 0 Å². The lowest BCUT2D eigenvalue weighted by atomic mass is 10.4. The van der Waals surface area contributed by atoms with Crippen LogP contribution in [0, 0.1) is 5.21 Å². The van der Waals surface area contributed by atoms with E-state index in [1.165, 1.54) is 13.3 Å². The van der Waals surface area contributed by atoms with E-state index in [2.05, 4.69) is 15.0 Å². The van der Waals surface area contributed by atoms with Crippen LogP contribution in [-0.4, -0.2) is 22.1 Å². The van der Waals surface area contributed by atoms with Gasteiger partial charge in [0.15, 0.2) is 5.82 Å². The molecule has 84 valence electrons. The van der Waals surface area contributed by atoms with E-state index < -0.39 is 0 Å². The molecule has 0 saturated carbocycles. The van der Waals surface area contributed by atoms with Gasteiger partial charge in [0.2, 0.25) is 5.52 Å². The lowest BCUT2D eigenvalue weighted by Crippen LogP contribution is -2.30. The lowest BCUT2D eigenvalue weighted by Gasteiger charge is -2.06. The van der Waals surface area contributed by atoms with E-state index in [1.54, 1.807) is 0 Å². The molecule has 0 saturated heterocycles. The summed E-state index contributed by atoms with van der Waals surface area (Å²) in [6, 6.07) is 0. The van der Waals surface area contributed by atoms with Gasteiger partial charge in [0.05, 0.1) is 6.61 Å². The van der Waals surface area contributed by atoms with Crippen molar-refractivity contribution in [3.05, 3.63) is 17.1 Å². The number of nitrogen functional groups attached to an aromatic ring is 2. The largest absolute Gasteiger partial charge is 0.710 e. The van der Waals surface area contributed by atoms with Gasteiger partial charge in [0, 0.05) is 12.1 Å². The summed E-state index contributed by atoms with van der Waals surface area (Å²) >= 11 is 0. The fourth-order valence-corrected chi connectivity index (χ4v) is 1.32. The zero-order valence-corrected chi connectivity index (χ0v) is 8.54. The van der Waals surface area contributed by atoms with E-state index in [1.807, 2.05) is 0 Å². The Labute approximate surface area is 90.5 Å². The summed E-state index contributed by atoms with van der Waals surface area (Å²) in [5.74, 6) is 0.0148. The average molecular weight is 222 g/mol. The number of nitrogens with zero attached hydrogens (tertiary/aromatic N) is 4. The van der Waals surface area contributed by atoms with Crippen molar-refractivity contribution < 1.29 is 9.47 Å². The van der Waals surface area contributed by atoms with E-state index in [0.717, 1.165) is 0 Å². The highest BCUT2D eigenvalue weighted by molar-refractivity contribution is 5.79. The van der Waals surface area contributed by atoms with Gasteiger partial charge in [-0.05, 0) is 0 Å². The first-order valence-corrected chi connectivity index (χ1v) is 4.42. The van der Waals surface area contributed by atoms with Crippen LogP contribution in [-0.2, 0) is 11.3 Å². The predicted octanol–water partition coefficient (Wildman–Crippen LogP) is -1.03. The standard InChI is InChI=1S/C8H10N6O2/c1-16-3-4-2-14(15)7-5(11-4)6(9)12-8(10)13-7/h2H,3H2,1H3,(H4,9,10,12,13). The van der Waals surface area contributed by atoms with Crippen LogP contribution in [0.2, 0.25) is 0 Å². The third-order valence-electron chi connectivity index (χ3n) is 1.93. The summed E-state index contributed by atoms with van der Waals surface area (Å²) < 4.78 is 5.42. The van der Waals surface area contributed by atoms with Gasteiger partial charge >= 0.3 is 11.6 Å². The number of hydrogen-bond acceptors (Lipinski definition) is 7. The Kier molecular flexibility index (Phi) is 2.41. The molecule has 4 N–H and O–H groups in total. The number of methoxy groups -OCH3 is 1. The minimum Gasteiger partial charge on any atom is -0.710 e. The fourth-order valence-electron chi connectivity index (χ4n) is 1.32. The molecule has 0 unspecified atom stereocenters. The molecule has 0 amide bonds. The summed E-state index contributed by atoms with van der Waals surface area (Å²) in [4.78, 5) is 11.6. The Bertz CT molecular complexity index is 544. The first-order chi connectivity index (χ1) is 7.61. The third kappa shape index (κ3) is 1.65. The van der Waals surface area contributed by atoms with Crippen molar-refractivity contribution in [1.82, 2.24) is 15.0 Å². The molecule has 0 atom stereocenters. The minimum atomic E-state index is -0.0594. The molecule has 0 aliphatic rings. The van der Waals surface area contributed by atoms with Gasteiger partial charge in [-0.15, -0.1) is 0 Å². The second kappa shape index (κ2) is 3.74. The van der Waals surface area contributed by atoms with Crippen LogP contribution in [0.15, 0.2) is 6.20 Å². The number of hydrogen-bond donors (Lipinski definition) is 2. The molecule has 0 radical (unpaired) electrons. The Morgan fingerprint density at radius 1 is 1.38 bits per heavy atom. The van der Waals surface area contributed by atoms with Crippen LogP contribution in [0.4, 0.5) is 11.8 Å². The Balaban J connectivity index is 2.71.